The zero-order chi connectivity index (χ0) is 19.3. The van der Waals surface area contributed by atoms with Crippen LogP contribution in [-0.2, 0) is 17.8 Å². The number of carbonyl (C=O) groups excluding carboxylic acids is 1. The maximum absolute atomic E-state index is 13.4. The molecular weight excluding hydrogens is 337 g/mol. The zero-order valence-corrected chi connectivity index (χ0v) is 15.6. The Morgan fingerprint density at radius 2 is 1.92 bits per heavy atom. The molecule has 2 rings (SSSR count). The third-order valence-electron chi connectivity index (χ3n) is 4.34. The molecule has 0 aliphatic carbocycles. The Morgan fingerprint density at radius 3 is 2.54 bits per heavy atom. The summed E-state index contributed by atoms with van der Waals surface area (Å²) in [5, 5.41) is 0. The molecule has 2 aromatic carbocycles. The van der Waals surface area contributed by atoms with Crippen LogP contribution < -0.4 is 14.9 Å². The van der Waals surface area contributed by atoms with Gasteiger partial charge in [-0.05, 0) is 42.7 Å². The van der Waals surface area contributed by atoms with Crippen LogP contribution in [0.3, 0.4) is 0 Å². The number of benzene rings is 2. The first-order valence-electron chi connectivity index (χ1n) is 8.70. The van der Waals surface area contributed by atoms with Gasteiger partial charge in [0, 0.05) is 12.0 Å². The number of alkyl halides is 2. The van der Waals surface area contributed by atoms with E-state index in [1.165, 1.54) is 6.07 Å². The lowest BCUT2D eigenvalue weighted by Gasteiger charge is -2.17. The van der Waals surface area contributed by atoms with Crippen molar-refractivity contribution in [1.82, 2.24) is 0 Å². The number of ether oxygens (including phenoxy) is 2. The molecule has 0 bridgehead atoms. The molecule has 0 atom stereocenters. The molecule has 0 aliphatic heterocycles. The van der Waals surface area contributed by atoms with Crippen molar-refractivity contribution in [1.29, 1.82) is 0 Å². The third-order valence-corrected chi connectivity index (χ3v) is 4.34. The van der Waals surface area contributed by atoms with Crippen LogP contribution in [0.1, 0.15) is 48.9 Å². The Morgan fingerprint density at radius 1 is 1.19 bits per heavy atom. The molecular formula is C20H23BF2O3. The Bertz CT molecular complexity index is 791. The molecule has 0 heterocycles. The van der Waals surface area contributed by atoms with Crippen LogP contribution in [0.2, 0.25) is 0 Å². The van der Waals surface area contributed by atoms with Gasteiger partial charge in [-0.2, -0.15) is 0 Å². The van der Waals surface area contributed by atoms with E-state index >= 15 is 0 Å². The molecule has 0 spiro atoms. The summed E-state index contributed by atoms with van der Waals surface area (Å²) in [7, 11) is 1.86. The van der Waals surface area contributed by atoms with E-state index in [1.807, 2.05) is 27.8 Å². The number of hydrogen-bond donors (Lipinski definition) is 0. The second-order valence-corrected chi connectivity index (χ2v) is 6.14. The molecule has 138 valence electrons. The van der Waals surface area contributed by atoms with E-state index in [4.69, 9.17) is 9.47 Å². The number of carbonyl (C=O) groups is 1. The molecule has 0 aromatic heterocycles. The molecule has 0 saturated heterocycles. The van der Waals surface area contributed by atoms with Crippen LogP contribution in [0.5, 0.6) is 11.5 Å². The van der Waals surface area contributed by atoms with Crippen molar-refractivity contribution in [3.63, 3.8) is 0 Å². The SMILES string of the molecule is Bc1cccc(OC(=O)CC)c1COc1cc(C)c(CC)cc1C(F)F. The molecule has 0 aliphatic rings. The normalized spacial score (nSPS) is 10.8. The van der Waals surface area contributed by atoms with E-state index in [-0.39, 0.29) is 30.3 Å². The van der Waals surface area contributed by atoms with Crippen molar-refractivity contribution in [2.75, 3.05) is 0 Å². The molecule has 0 radical (unpaired) electrons. The van der Waals surface area contributed by atoms with Gasteiger partial charge in [0.2, 0.25) is 0 Å². The van der Waals surface area contributed by atoms with Gasteiger partial charge in [0.1, 0.15) is 26.0 Å². The highest BCUT2D eigenvalue weighted by Gasteiger charge is 2.18. The van der Waals surface area contributed by atoms with Gasteiger partial charge in [-0.25, -0.2) is 8.78 Å². The molecule has 0 unspecified atom stereocenters. The summed E-state index contributed by atoms with van der Waals surface area (Å²) in [6, 6.07) is 8.48. The van der Waals surface area contributed by atoms with Gasteiger partial charge in [0.25, 0.3) is 6.43 Å². The van der Waals surface area contributed by atoms with Crippen LogP contribution >= 0.6 is 0 Å². The third kappa shape index (κ3) is 4.62. The van der Waals surface area contributed by atoms with Crippen LogP contribution in [0.25, 0.3) is 0 Å². The molecule has 0 saturated carbocycles. The summed E-state index contributed by atoms with van der Waals surface area (Å²) >= 11 is 0. The fraction of sp³-hybridized carbons (Fsp3) is 0.350. The first-order chi connectivity index (χ1) is 12.4. The summed E-state index contributed by atoms with van der Waals surface area (Å²) in [5.74, 6) is 0.205. The first-order valence-corrected chi connectivity index (χ1v) is 8.70. The maximum Gasteiger partial charge on any atom is 0.310 e. The van der Waals surface area contributed by atoms with Gasteiger partial charge in [0.15, 0.2) is 0 Å². The van der Waals surface area contributed by atoms with Crippen molar-refractivity contribution in [2.45, 2.75) is 46.6 Å². The molecule has 26 heavy (non-hydrogen) atoms. The van der Waals surface area contributed by atoms with Crippen molar-refractivity contribution < 1.29 is 23.0 Å². The van der Waals surface area contributed by atoms with Gasteiger partial charge in [-0.15, -0.1) is 0 Å². The van der Waals surface area contributed by atoms with Crippen molar-refractivity contribution in [3.05, 3.63) is 52.6 Å². The Balaban J connectivity index is 2.32. The summed E-state index contributed by atoms with van der Waals surface area (Å²) in [5.41, 5.74) is 3.21. The average molecular weight is 360 g/mol. The predicted molar refractivity (Wildman–Crippen MR) is 100 cm³/mol. The van der Waals surface area contributed by atoms with E-state index in [9.17, 15) is 13.6 Å². The topological polar surface area (TPSA) is 35.5 Å². The lowest BCUT2D eigenvalue weighted by atomic mass is 9.90. The number of halogens is 2. The maximum atomic E-state index is 13.4. The minimum atomic E-state index is -2.62. The van der Waals surface area contributed by atoms with Gasteiger partial charge in [-0.3, -0.25) is 4.79 Å². The smallest absolute Gasteiger partial charge is 0.310 e. The van der Waals surface area contributed by atoms with E-state index in [1.54, 1.807) is 25.1 Å². The second kappa shape index (κ2) is 8.83. The molecule has 0 amide bonds. The number of rotatable bonds is 7. The van der Waals surface area contributed by atoms with Gasteiger partial charge < -0.3 is 9.47 Å². The summed E-state index contributed by atoms with van der Waals surface area (Å²) in [4.78, 5) is 11.6. The van der Waals surface area contributed by atoms with E-state index in [2.05, 4.69) is 0 Å². The average Bonchev–Trinajstić information content (AvgIpc) is 2.60. The zero-order valence-electron chi connectivity index (χ0n) is 15.6. The van der Waals surface area contributed by atoms with Gasteiger partial charge in [-0.1, -0.05) is 31.4 Å². The molecule has 6 heteroatoms. The highest BCUT2D eigenvalue weighted by molar-refractivity contribution is 6.33. The molecule has 0 fully saturated rings. The Kier molecular flexibility index (Phi) is 6.78. The minimum Gasteiger partial charge on any atom is -0.488 e. The monoisotopic (exact) mass is 360 g/mol. The van der Waals surface area contributed by atoms with Crippen molar-refractivity contribution >= 4 is 19.3 Å². The standard InChI is InChI=1S/C20H23BF2O3/c1-4-13-10-14(20(22)23)18(9-12(13)3)25-11-15-16(21)7-6-8-17(15)26-19(24)5-2/h6-10,20H,4-5,11,21H2,1-3H3. The number of esters is 1. The largest absolute Gasteiger partial charge is 0.488 e. The number of hydrogen-bond acceptors (Lipinski definition) is 3. The van der Waals surface area contributed by atoms with Crippen LogP contribution in [-0.4, -0.2) is 13.8 Å². The second-order valence-electron chi connectivity index (χ2n) is 6.14. The molecule has 0 N–H and O–H groups in total. The Labute approximate surface area is 153 Å². The molecule has 3 nitrogen and oxygen atoms in total. The number of aryl methyl sites for hydroxylation is 2. The van der Waals surface area contributed by atoms with Gasteiger partial charge in [0.05, 0.1) is 5.56 Å². The summed E-state index contributed by atoms with van der Waals surface area (Å²) < 4.78 is 37.9. The predicted octanol–water partition coefficient (Wildman–Crippen LogP) is 3.65. The van der Waals surface area contributed by atoms with E-state index < -0.39 is 6.43 Å². The highest BCUT2D eigenvalue weighted by Crippen LogP contribution is 2.33. The highest BCUT2D eigenvalue weighted by atomic mass is 19.3. The fourth-order valence-electron chi connectivity index (χ4n) is 2.72. The lowest BCUT2D eigenvalue weighted by Crippen LogP contribution is -2.17. The van der Waals surface area contributed by atoms with Crippen LogP contribution in [0, 0.1) is 6.92 Å². The van der Waals surface area contributed by atoms with Crippen LogP contribution in [0.4, 0.5) is 8.78 Å². The first kappa shape index (κ1) is 20.0. The summed E-state index contributed by atoms with van der Waals surface area (Å²) in [6.07, 6.45) is -1.69. The molecule has 2 aromatic rings. The van der Waals surface area contributed by atoms with Gasteiger partial charge >= 0.3 is 5.97 Å². The van der Waals surface area contributed by atoms with E-state index in [0.717, 1.165) is 16.6 Å². The Hall–Kier alpha value is -2.37. The lowest BCUT2D eigenvalue weighted by molar-refractivity contribution is -0.134. The fourth-order valence-corrected chi connectivity index (χ4v) is 2.72. The van der Waals surface area contributed by atoms with Crippen molar-refractivity contribution in [3.8, 4) is 11.5 Å². The minimum absolute atomic E-state index is 0.0453. The van der Waals surface area contributed by atoms with E-state index in [0.29, 0.717) is 17.7 Å². The summed E-state index contributed by atoms with van der Waals surface area (Å²) in [6.45, 7) is 5.56. The van der Waals surface area contributed by atoms with Crippen molar-refractivity contribution in [2.24, 2.45) is 0 Å². The van der Waals surface area contributed by atoms with Crippen LogP contribution in [0.15, 0.2) is 30.3 Å². The quantitative estimate of drug-likeness (QED) is 0.430.